The molecule has 0 spiro atoms. The first-order valence-electron chi connectivity index (χ1n) is 9.31. The molecule has 9 heteroatoms. The van der Waals surface area contributed by atoms with E-state index in [1.54, 1.807) is 43.0 Å². The molecule has 8 nitrogen and oxygen atoms in total. The molecule has 1 aromatic heterocycles. The fraction of sp³-hybridized carbons (Fsp3) is 0.0909. The van der Waals surface area contributed by atoms with Gasteiger partial charge in [-0.15, -0.1) is 0 Å². The summed E-state index contributed by atoms with van der Waals surface area (Å²) in [6.07, 6.45) is 1.45. The molecular formula is C22H18N4O4S. The van der Waals surface area contributed by atoms with Gasteiger partial charge in [0.15, 0.2) is 5.11 Å². The van der Waals surface area contributed by atoms with Gasteiger partial charge >= 0.3 is 0 Å². The van der Waals surface area contributed by atoms with Crippen molar-refractivity contribution in [3.8, 4) is 23.1 Å². The van der Waals surface area contributed by atoms with Crippen LogP contribution in [-0.4, -0.2) is 33.8 Å². The van der Waals surface area contributed by atoms with Gasteiger partial charge in [0.25, 0.3) is 11.8 Å². The van der Waals surface area contributed by atoms with E-state index in [4.69, 9.17) is 21.7 Å². The van der Waals surface area contributed by atoms with Crippen LogP contribution in [0.1, 0.15) is 11.3 Å². The fourth-order valence-electron chi connectivity index (χ4n) is 3.03. The van der Waals surface area contributed by atoms with Gasteiger partial charge < -0.3 is 9.47 Å². The molecule has 0 unspecified atom stereocenters. The molecule has 0 radical (unpaired) electrons. The molecule has 2 heterocycles. The van der Waals surface area contributed by atoms with E-state index < -0.39 is 11.8 Å². The van der Waals surface area contributed by atoms with E-state index in [1.807, 2.05) is 30.3 Å². The molecule has 4 rings (SSSR count). The number of nitrogens with one attached hydrogen (secondary N) is 2. The zero-order valence-corrected chi connectivity index (χ0v) is 17.5. The highest BCUT2D eigenvalue weighted by atomic mass is 32.1. The Morgan fingerprint density at radius 3 is 2.19 bits per heavy atom. The van der Waals surface area contributed by atoms with Gasteiger partial charge in [0, 0.05) is 0 Å². The Morgan fingerprint density at radius 1 is 0.968 bits per heavy atom. The Morgan fingerprint density at radius 2 is 1.58 bits per heavy atom. The van der Waals surface area contributed by atoms with Crippen molar-refractivity contribution in [2.75, 3.05) is 7.11 Å². The van der Waals surface area contributed by atoms with Crippen LogP contribution in [0.5, 0.6) is 17.4 Å². The second kappa shape index (κ2) is 8.41. The van der Waals surface area contributed by atoms with Gasteiger partial charge in [0.05, 0.1) is 24.1 Å². The molecule has 0 aliphatic carbocycles. The fourth-order valence-corrected chi connectivity index (χ4v) is 3.22. The highest BCUT2D eigenvalue weighted by Gasteiger charge is 2.28. The van der Waals surface area contributed by atoms with Crippen molar-refractivity contribution in [3.05, 3.63) is 71.4 Å². The normalized spacial score (nSPS) is 13.5. The summed E-state index contributed by atoms with van der Waals surface area (Å²) in [5, 5.41) is 9.41. The van der Waals surface area contributed by atoms with Crippen molar-refractivity contribution in [2.24, 2.45) is 0 Å². The average Bonchev–Trinajstić information content (AvgIpc) is 3.07. The van der Waals surface area contributed by atoms with Crippen LogP contribution in [0, 0.1) is 6.92 Å². The number of thiocarbonyl (C=S) groups is 1. The Bertz CT molecular complexity index is 1180. The molecule has 1 saturated heterocycles. The molecule has 1 aliphatic heterocycles. The molecule has 2 aromatic carbocycles. The predicted octanol–water partition coefficient (Wildman–Crippen LogP) is 2.90. The van der Waals surface area contributed by atoms with Crippen LogP contribution in [-0.2, 0) is 9.59 Å². The minimum atomic E-state index is -0.587. The third-order valence-electron chi connectivity index (χ3n) is 4.57. The zero-order valence-electron chi connectivity index (χ0n) is 16.7. The number of benzene rings is 2. The third kappa shape index (κ3) is 4.17. The number of rotatable bonds is 5. The molecule has 1 aliphatic rings. The second-order valence-corrected chi connectivity index (χ2v) is 7.03. The van der Waals surface area contributed by atoms with Gasteiger partial charge in [0.1, 0.15) is 17.1 Å². The van der Waals surface area contributed by atoms with E-state index in [0.717, 1.165) is 5.69 Å². The number of aryl methyl sites for hydroxylation is 1. The summed E-state index contributed by atoms with van der Waals surface area (Å²) in [4.78, 5) is 24.7. The molecule has 156 valence electrons. The number of carbonyl (C=O) groups excluding carboxylic acids is 2. The quantitative estimate of drug-likeness (QED) is 0.364. The number of methoxy groups -OCH3 is 1. The summed E-state index contributed by atoms with van der Waals surface area (Å²) < 4.78 is 13.0. The first-order chi connectivity index (χ1) is 15.0. The smallest absolute Gasteiger partial charge is 0.263 e. The van der Waals surface area contributed by atoms with Gasteiger partial charge in [-0.2, -0.15) is 9.78 Å². The van der Waals surface area contributed by atoms with E-state index in [0.29, 0.717) is 28.6 Å². The molecule has 31 heavy (non-hydrogen) atoms. The number of para-hydroxylation sites is 1. The summed E-state index contributed by atoms with van der Waals surface area (Å²) in [5.74, 6) is 0.410. The van der Waals surface area contributed by atoms with E-state index in [2.05, 4.69) is 15.7 Å². The first-order valence-corrected chi connectivity index (χ1v) is 9.72. The molecule has 2 N–H and O–H groups in total. The van der Waals surface area contributed by atoms with Crippen molar-refractivity contribution >= 4 is 35.2 Å². The van der Waals surface area contributed by atoms with Crippen LogP contribution in [0.15, 0.2) is 60.2 Å². The van der Waals surface area contributed by atoms with Crippen LogP contribution >= 0.6 is 12.2 Å². The van der Waals surface area contributed by atoms with E-state index in [-0.39, 0.29) is 10.7 Å². The maximum atomic E-state index is 12.3. The number of amides is 2. The summed E-state index contributed by atoms with van der Waals surface area (Å²) in [6, 6.07) is 16.5. The summed E-state index contributed by atoms with van der Waals surface area (Å²) >= 11 is 4.86. The topological polar surface area (TPSA) is 94.5 Å². The third-order valence-corrected chi connectivity index (χ3v) is 4.77. The molecule has 0 bridgehead atoms. The first kappa shape index (κ1) is 20.3. The van der Waals surface area contributed by atoms with E-state index >= 15 is 0 Å². The van der Waals surface area contributed by atoms with Crippen LogP contribution in [0.4, 0.5) is 0 Å². The van der Waals surface area contributed by atoms with Gasteiger partial charge in [-0.05, 0) is 61.6 Å². The van der Waals surface area contributed by atoms with Crippen molar-refractivity contribution < 1.29 is 19.1 Å². The van der Waals surface area contributed by atoms with Crippen molar-refractivity contribution in [2.45, 2.75) is 6.92 Å². The second-order valence-electron chi connectivity index (χ2n) is 6.62. The number of hydrogen-bond donors (Lipinski definition) is 2. The molecule has 3 aromatic rings. The minimum Gasteiger partial charge on any atom is -0.497 e. The lowest BCUT2D eigenvalue weighted by atomic mass is 10.1. The van der Waals surface area contributed by atoms with E-state index in [9.17, 15) is 9.59 Å². The van der Waals surface area contributed by atoms with Crippen LogP contribution < -0.4 is 20.1 Å². The van der Waals surface area contributed by atoms with Gasteiger partial charge in [-0.3, -0.25) is 20.2 Å². The maximum absolute atomic E-state index is 12.3. The van der Waals surface area contributed by atoms with Gasteiger partial charge in [-0.1, -0.05) is 18.2 Å². The summed E-state index contributed by atoms with van der Waals surface area (Å²) in [5.41, 5.74) is 1.74. The van der Waals surface area contributed by atoms with Crippen molar-refractivity contribution in [1.29, 1.82) is 0 Å². The molecule has 2 amide bonds. The van der Waals surface area contributed by atoms with Gasteiger partial charge in [-0.25, -0.2) is 0 Å². The largest absolute Gasteiger partial charge is 0.497 e. The highest BCUT2D eigenvalue weighted by molar-refractivity contribution is 7.80. The Kier molecular flexibility index (Phi) is 5.50. The summed E-state index contributed by atoms with van der Waals surface area (Å²) in [7, 11) is 1.58. The van der Waals surface area contributed by atoms with Crippen molar-refractivity contribution in [1.82, 2.24) is 20.4 Å². The number of aromatic nitrogens is 2. The highest BCUT2D eigenvalue weighted by Crippen LogP contribution is 2.33. The van der Waals surface area contributed by atoms with Crippen LogP contribution in [0.3, 0.4) is 0 Å². The number of hydrogen-bond acceptors (Lipinski definition) is 6. The number of ether oxygens (including phenoxy) is 2. The molecule has 0 saturated carbocycles. The monoisotopic (exact) mass is 434 g/mol. The lowest BCUT2D eigenvalue weighted by Gasteiger charge is -2.16. The molecule has 0 atom stereocenters. The molecule has 1 fully saturated rings. The predicted molar refractivity (Wildman–Crippen MR) is 118 cm³/mol. The lowest BCUT2D eigenvalue weighted by molar-refractivity contribution is -0.123. The maximum Gasteiger partial charge on any atom is 0.263 e. The zero-order chi connectivity index (χ0) is 22.0. The minimum absolute atomic E-state index is 0.0291. The molecular weight excluding hydrogens is 416 g/mol. The lowest BCUT2D eigenvalue weighted by Crippen LogP contribution is -2.51. The van der Waals surface area contributed by atoms with Crippen LogP contribution in [0.25, 0.3) is 11.8 Å². The van der Waals surface area contributed by atoms with Gasteiger partial charge in [0.2, 0.25) is 5.88 Å². The van der Waals surface area contributed by atoms with E-state index in [1.165, 1.54) is 6.08 Å². The SMILES string of the molecule is COc1ccc(Oc2c(C=C3C(=O)NC(=S)NC3=O)c(C)nn2-c2ccccc2)cc1. The standard InChI is InChI=1S/C22H18N4O4S/c1-13-17(12-18-19(27)23-22(31)24-20(18)28)21(26(25-13)14-6-4-3-5-7-14)30-16-10-8-15(29-2)9-11-16/h3-12H,1-2H3,(H2,23,24,27,28,31). The number of nitrogens with zero attached hydrogens (tertiary/aromatic N) is 2. The number of carbonyl (C=O) groups is 2. The van der Waals surface area contributed by atoms with Crippen LogP contribution in [0.2, 0.25) is 0 Å². The Hall–Kier alpha value is -3.98. The Labute approximate surface area is 183 Å². The Balaban J connectivity index is 1.83. The average molecular weight is 434 g/mol. The summed E-state index contributed by atoms with van der Waals surface area (Å²) in [6.45, 7) is 1.77. The van der Waals surface area contributed by atoms with Crippen molar-refractivity contribution in [3.63, 3.8) is 0 Å².